The topological polar surface area (TPSA) is 266 Å². The molecule has 0 aliphatic carbocycles. The first-order chi connectivity index (χ1) is 14.4. The third-order valence-electron chi connectivity index (χ3n) is 3.67. The molecule has 0 rings (SSSR count). The third kappa shape index (κ3) is 26.6. The fourth-order valence-electron chi connectivity index (χ4n) is 1.92. The van der Waals surface area contributed by atoms with Crippen LogP contribution >= 0.6 is 30.4 Å². The van der Waals surface area contributed by atoms with Gasteiger partial charge in [-0.05, 0) is 28.0 Å². The first kappa shape index (κ1) is 49.9. The second kappa shape index (κ2) is 25.7. The van der Waals surface area contributed by atoms with Gasteiger partial charge in [-0.2, -0.15) is 0 Å². The van der Waals surface area contributed by atoms with Crippen molar-refractivity contribution in [1.82, 2.24) is 0 Å². The van der Waals surface area contributed by atoms with Crippen molar-refractivity contribution in [2.24, 2.45) is 0 Å². The van der Waals surface area contributed by atoms with Gasteiger partial charge in [-0.3, -0.25) is 0 Å². The van der Waals surface area contributed by atoms with Crippen molar-refractivity contribution in [3.05, 3.63) is 0 Å². The number of hydrogen-bond donors (Lipinski definition) is 2. The summed E-state index contributed by atoms with van der Waals surface area (Å²) in [7, 11) is -21.2. The van der Waals surface area contributed by atoms with Crippen molar-refractivity contribution >= 4 is 177 Å². The van der Waals surface area contributed by atoms with Crippen LogP contribution in [0.15, 0.2) is 0 Å². The zero-order chi connectivity index (χ0) is 25.6. The molecule has 0 radical (unpaired) electrons. The fraction of sp³-hybridized carbons (Fsp3) is 1.00. The van der Waals surface area contributed by atoms with E-state index in [0.29, 0.717) is 12.8 Å². The first-order valence-electron chi connectivity index (χ1n) is 9.73. The fourth-order valence-corrected chi connectivity index (χ4v) is 6.13. The summed E-state index contributed by atoms with van der Waals surface area (Å²) in [6, 6.07) is 0. The van der Waals surface area contributed by atoms with Crippen molar-refractivity contribution in [2.75, 3.05) is 13.2 Å². The van der Waals surface area contributed by atoms with Crippen LogP contribution < -0.4 is 29.4 Å². The SMILES string of the molecule is CCCCCCOP(=O)([O-])C(O)P(=O)([O-])[O-].CCCCCCOP(=O)([O-])C(O)P(=O)([O-])[O-].[Ba+2].[Ba+2].[Ba+2]. The van der Waals surface area contributed by atoms with Gasteiger partial charge in [0.2, 0.25) is 0 Å². The number of hydrogen-bond acceptors (Lipinski definition) is 14. The average Bonchev–Trinajstić information content (AvgIpc) is 2.65. The zero-order valence-electron chi connectivity index (χ0n) is 19.9. The molecule has 0 saturated carbocycles. The van der Waals surface area contributed by atoms with E-state index >= 15 is 0 Å². The molecule has 0 heterocycles. The molecule has 0 spiro atoms. The Hall–Kier alpha value is 5.23. The molecule has 0 amide bonds. The molecule has 196 valence electrons. The van der Waals surface area contributed by atoms with E-state index in [1.165, 1.54) is 0 Å². The number of aliphatic hydroxyl groups is 2. The third-order valence-corrected chi connectivity index (χ3v) is 10.4. The molecule has 0 aromatic carbocycles. The molecule has 4 atom stereocenters. The van der Waals surface area contributed by atoms with Gasteiger partial charge in [-0.1, -0.05) is 52.4 Å². The second-order valence-electron chi connectivity index (χ2n) is 6.64. The van der Waals surface area contributed by atoms with E-state index < -0.39 is 41.6 Å². The summed E-state index contributed by atoms with van der Waals surface area (Å²) in [5.41, 5.74) is -5.99. The normalized spacial score (nSPS) is 16.5. The Balaban J connectivity index is -0.000000158. The Labute approximate surface area is 327 Å². The molecular weight excluding hydrogens is 928 g/mol. The monoisotopic (exact) mass is 960 g/mol. The van der Waals surface area contributed by atoms with Gasteiger partial charge >= 0.3 is 147 Å². The Morgan fingerprint density at radius 1 is 0.571 bits per heavy atom. The van der Waals surface area contributed by atoms with Crippen LogP contribution in [0.25, 0.3) is 0 Å². The van der Waals surface area contributed by atoms with Gasteiger partial charge < -0.3 is 66.9 Å². The summed E-state index contributed by atoms with van der Waals surface area (Å²) in [6.07, 6.45) is 6.02. The van der Waals surface area contributed by atoms with Gasteiger partial charge in [0, 0.05) is 0 Å². The molecular formula is C14H30Ba3O14P4. The van der Waals surface area contributed by atoms with Gasteiger partial charge in [-0.25, -0.2) is 0 Å². The van der Waals surface area contributed by atoms with Gasteiger partial charge in [0.25, 0.3) is 0 Å². The predicted molar refractivity (Wildman–Crippen MR) is 120 cm³/mol. The number of rotatable bonds is 16. The van der Waals surface area contributed by atoms with Gasteiger partial charge in [0.05, 0.1) is 13.2 Å². The van der Waals surface area contributed by atoms with Gasteiger partial charge in [0.15, 0.2) is 15.2 Å². The van der Waals surface area contributed by atoms with E-state index in [9.17, 15) is 47.6 Å². The molecule has 0 fully saturated rings. The molecule has 0 aliphatic heterocycles. The van der Waals surface area contributed by atoms with Crippen molar-refractivity contribution in [1.29, 1.82) is 0 Å². The van der Waals surface area contributed by atoms with Crippen LogP contribution in [0, 0.1) is 0 Å². The molecule has 4 unspecified atom stereocenters. The smallest absolute Gasteiger partial charge is 0.809 e. The van der Waals surface area contributed by atoms with E-state index in [4.69, 9.17) is 10.2 Å². The summed E-state index contributed by atoms with van der Waals surface area (Å²) in [5.74, 6) is 0. The standard InChI is InChI=1S/2C7H18O7P2.3Ba/c2*1-2-3-4-5-6-14-16(12,13)7(8)15(9,10)11;;;/h2*7-8H,2-6H2,1H3,(H,12,13)(H2,9,10,11);;;/q;;3*+2/p-6. The molecule has 0 aromatic rings. The van der Waals surface area contributed by atoms with Crippen LogP contribution in [-0.2, 0) is 27.3 Å². The maximum absolute atomic E-state index is 11.0. The van der Waals surface area contributed by atoms with Crippen molar-refractivity contribution in [3.63, 3.8) is 0 Å². The zero-order valence-corrected chi connectivity index (χ0v) is 36.8. The minimum Gasteiger partial charge on any atom is -0.809 e. The Morgan fingerprint density at radius 2 is 0.829 bits per heavy atom. The molecule has 0 aliphatic rings. The summed E-state index contributed by atoms with van der Waals surface area (Å²) in [6.45, 7) is 3.48. The first-order valence-corrected chi connectivity index (χ1v) is 16.2. The molecule has 14 nitrogen and oxygen atoms in total. The van der Waals surface area contributed by atoms with E-state index in [0.717, 1.165) is 38.5 Å². The maximum Gasteiger partial charge on any atom is 2.00 e. The number of aliphatic hydroxyl groups excluding tert-OH is 2. The van der Waals surface area contributed by atoms with Crippen LogP contribution in [-0.4, -0.2) is 181 Å². The molecule has 21 heteroatoms. The number of unbranched alkanes of at least 4 members (excludes halogenated alkanes) is 6. The molecule has 35 heavy (non-hydrogen) atoms. The van der Waals surface area contributed by atoms with Gasteiger partial charge in [-0.15, -0.1) is 0 Å². The van der Waals surface area contributed by atoms with Gasteiger partial charge in [0.1, 0.15) is 11.2 Å². The minimum absolute atomic E-state index is 0. The van der Waals surface area contributed by atoms with Crippen molar-refractivity contribution < 1.29 is 66.9 Å². The van der Waals surface area contributed by atoms with Crippen molar-refractivity contribution in [3.8, 4) is 0 Å². The Morgan fingerprint density at radius 3 is 1.03 bits per heavy atom. The van der Waals surface area contributed by atoms with E-state index in [1.54, 1.807) is 0 Å². The second-order valence-corrected chi connectivity index (χ2v) is 14.2. The van der Waals surface area contributed by atoms with Crippen LogP contribution in [0.1, 0.15) is 65.2 Å². The quantitative estimate of drug-likeness (QED) is 0.0922. The summed E-state index contributed by atoms with van der Waals surface area (Å²) in [5, 5.41) is 17.5. The average molecular weight is 958 g/mol. The molecule has 0 saturated heterocycles. The van der Waals surface area contributed by atoms with Crippen LogP contribution in [0.5, 0.6) is 0 Å². The summed E-state index contributed by atoms with van der Waals surface area (Å²) in [4.78, 5) is 63.1. The van der Waals surface area contributed by atoms with Crippen molar-refractivity contribution in [2.45, 2.75) is 76.4 Å². The predicted octanol–water partition coefficient (Wildman–Crippen LogP) is -2.49. The Kier molecular flexibility index (Phi) is 36.6. The van der Waals surface area contributed by atoms with Crippen LogP contribution in [0.3, 0.4) is 0 Å². The molecule has 0 bridgehead atoms. The largest absolute Gasteiger partial charge is 2.00 e. The molecule has 2 N–H and O–H groups in total. The van der Waals surface area contributed by atoms with E-state index in [1.807, 2.05) is 13.8 Å². The van der Waals surface area contributed by atoms with Crippen LogP contribution in [0.4, 0.5) is 0 Å². The molecule has 0 aromatic heterocycles. The minimum atomic E-state index is -5.58. The maximum atomic E-state index is 11.0. The van der Waals surface area contributed by atoms with E-state index in [2.05, 4.69) is 9.05 Å². The van der Waals surface area contributed by atoms with Crippen LogP contribution in [0.2, 0.25) is 0 Å². The Bertz CT molecular complexity index is 646. The summed E-state index contributed by atoms with van der Waals surface area (Å²) >= 11 is 0. The van der Waals surface area contributed by atoms with E-state index in [-0.39, 0.29) is 160 Å². The summed E-state index contributed by atoms with van der Waals surface area (Å²) < 4.78 is 51.0.